The molecule has 0 aromatic carbocycles. The van der Waals surface area contributed by atoms with Crippen LogP contribution in [0, 0.1) is 0 Å². The van der Waals surface area contributed by atoms with Crippen LogP contribution in [0.15, 0.2) is 29.2 Å². The molecule has 24 heavy (non-hydrogen) atoms. The highest BCUT2D eigenvalue weighted by Gasteiger charge is 2.26. The van der Waals surface area contributed by atoms with E-state index in [0.717, 1.165) is 42.4 Å². The Hall–Kier alpha value is -1.59. The number of fused-ring (bicyclic) bond motifs is 1. The Balaban J connectivity index is 2.73. The Morgan fingerprint density at radius 3 is 2.42 bits per heavy atom. The summed E-state index contributed by atoms with van der Waals surface area (Å²) in [6.45, 7) is 6.22. The molecule has 0 saturated heterocycles. The molecule has 0 spiro atoms. The van der Waals surface area contributed by atoms with Crippen molar-refractivity contribution in [3.8, 4) is 16.9 Å². The highest BCUT2D eigenvalue weighted by atomic mass is 32.2. The summed E-state index contributed by atoms with van der Waals surface area (Å²) in [5.41, 5.74) is 3.23. The van der Waals surface area contributed by atoms with E-state index in [-0.39, 0.29) is 10.8 Å². The van der Waals surface area contributed by atoms with Crippen molar-refractivity contribution in [2.24, 2.45) is 0 Å². The SMILES string of the molecule is CCCCCc1cc(S(=O)(=O)O)c2cc(C(C)C)ccc(OC)c1-2. The van der Waals surface area contributed by atoms with Crippen LogP contribution in [-0.2, 0) is 16.5 Å². The smallest absolute Gasteiger partial charge is 0.295 e. The predicted molar refractivity (Wildman–Crippen MR) is 96.7 cm³/mol. The van der Waals surface area contributed by atoms with Gasteiger partial charge in [0.2, 0.25) is 0 Å². The van der Waals surface area contributed by atoms with Crippen LogP contribution in [-0.4, -0.2) is 20.1 Å². The van der Waals surface area contributed by atoms with Gasteiger partial charge in [0, 0.05) is 11.1 Å². The lowest BCUT2D eigenvalue weighted by Gasteiger charge is -2.07. The van der Waals surface area contributed by atoms with Gasteiger partial charge in [-0.05, 0) is 48.1 Å². The molecule has 0 aromatic rings. The molecule has 0 atom stereocenters. The number of hydrogen-bond acceptors (Lipinski definition) is 3. The van der Waals surface area contributed by atoms with Gasteiger partial charge in [0.1, 0.15) is 10.6 Å². The second-order valence-electron chi connectivity index (χ2n) is 6.46. The molecular weight excluding hydrogens is 324 g/mol. The molecule has 5 heteroatoms. The van der Waals surface area contributed by atoms with Gasteiger partial charge in [0.05, 0.1) is 7.11 Å². The fraction of sp³-hybridized carbons (Fsp3) is 0.474. The van der Waals surface area contributed by atoms with Crippen LogP contribution in [0.1, 0.15) is 57.1 Å². The van der Waals surface area contributed by atoms with Crippen LogP contribution in [0.3, 0.4) is 0 Å². The van der Waals surface area contributed by atoms with E-state index in [9.17, 15) is 13.0 Å². The average molecular weight is 350 g/mol. The second-order valence-corrected chi connectivity index (χ2v) is 7.85. The maximum absolute atomic E-state index is 11.9. The van der Waals surface area contributed by atoms with Crippen molar-refractivity contribution in [3.63, 3.8) is 0 Å². The molecule has 0 amide bonds. The number of hydrogen-bond donors (Lipinski definition) is 1. The summed E-state index contributed by atoms with van der Waals surface area (Å²) in [5.74, 6) is 0.872. The normalized spacial score (nSPS) is 12.1. The molecule has 2 aliphatic carbocycles. The zero-order valence-electron chi connectivity index (χ0n) is 14.8. The number of unbranched alkanes of at least 4 members (excludes halogenated alkanes) is 2. The molecule has 2 aliphatic rings. The molecule has 0 heterocycles. The van der Waals surface area contributed by atoms with Crippen molar-refractivity contribution in [1.29, 1.82) is 0 Å². The summed E-state index contributed by atoms with van der Waals surface area (Å²) in [6.07, 6.45) is 3.90. The van der Waals surface area contributed by atoms with Gasteiger partial charge in [-0.1, -0.05) is 39.7 Å². The topological polar surface area (TPSA) is 63.6 Å². The van der Waals surface area contributed by atoms with Crippen molar-refractivity contribution in [3.05, 3.63) is 35.4 Å². The molecule has 0 aromatic heterocycles. The summed E-state index contributed by atoms with van der Waals surface area (Å²) in [4.78, 5) is -0.0274. The zero-order chi connectivity index (χ0) is 17.9. The van der Waals surface area contributed by atoms with Crippen LogP contribution in [0.2, 0.25) is 0 Å². The van der Waals surface area contributed by atoms with Crippen LogP contribution >= 0.6 is 0 Å². The molecule has 0 unspecified atom stereocenters. The molecule has 0 aliphatic heterocycles. The van der Waals surface area contributed by atoms with E-state index in [1.165, 1.54) is 0 Å². The monoisotopic (exact) mass is 350 g/mol. The third-order valence-corrected chi connectivity index (χ3v) is 5.25. The number of aryl methyl sites for hydroxylation is 1. The number of ether oxygens (including phenoxy) is 1. The van der Waals surface area contributed by atoms with Gasteiger partial charge in [0.25, 0.3) is 10.1 Å². The first-order valence-electron chi connectivity index (χ1n) is 8.40. The van der Waals surface area contributed by atoms with Gasteiger partial charge in [-0.25, -0.2) is 0 Å². The van der Waals surface area contributed by atoms with Gasteiger partial charge < -0.3 is 4.74 Å². The van der Waals surface area contributed by atoms with E-state index < -0.39 is 10.1 Å². The number of methoxy groups -OCH3 is 1. The van der Waals surface area contributed by atoms with Crippen molar-refractivity contribution < 1.29 is 17.7 Å². The van der Waals surface area contributed by atoms with E-state index in [0.29, 0.717) is 11.3 Å². The second kappa shape index (κ2) is 7.53. The van der Waals surface area contributed by atoms with E-state index in [1.807, 2.05) is 32.0 Å². The minimum atomic E-state index is -4.29. The van der Waals surface area contributed by atoms with Gasteiger partial charge >= 0.3 is 0 Å². The van der Waals surface area contributed by atoms with Crippen LogP contribution in [0.25, 0.3) is 11.1 Å². The van der Waals surface area contributed by atoms with Crippen LogP contribution in [0.4, 0.5) is 0 Å². The molecule has 1 N–H and O–H groups in total. The van der Waals surface area contributed by atoms with E-state index >= 15 is 0 Å². The highest BCUT2D eigenvalue weighted by Crippen LogP contribution is 2.42. The summed E-state index contributed by atoms with van der Waals surface area (Å²) < 4.78 is 39.0. The van der Waals surface area contributed by atoms with E-state index in [2.05, 4.69) is 6.92 Å². The lowest BCUT2D eigenvalue weighted by atomic mass is 10.0. The molecule has 0 saturated carbocycles. The van der Waals surface area contributed by atoms with E-state index in [1.54, 1.807) is 13.2 Å². The summed E-state index contributed by atoms with van der Waals surface area (Å²) >= 11 is 0. The lowest BCUT2D eigenvalue weighted by Crippen LogP contribution is -1.97. The molecule has 0 bridgehead atoms. The third kappa shape index (κ3) is 3.90. The fourth-order valence-electron chi connectivity index (χ4n) is 3.01. The Morgan fingerprint density at radius 2 is 1.88 bits per heavy atom. The summed E-state index contributed by atoms with van der Waals surface area (Å²) in [5, 5.41) is 0. The van der Waals surface area contributed by atoms with Gasteiger partial charge in [0.15, 0.2) is 0 Å². The molecular formula is C19H26O4S. The Kier molecular flexibility index (Phi) is 5.88. The third-order valence-electron chi connectivity index (χ3n) is 4.36. The minimum absolute atomic E-state index is 0.0274. The average Bonchev–Trinajstić information content (AvgIpc) is 2.74. The van der Waals surface area contributed by atoms with Gasteiger partial charge in [-0.15, -0.1) is 0 Å². The largest absolute Gasteiger partial charge is 0.496 e. The Bertz CT molecular complexity index is 778. The van der Waals surface area contributed by atoms with Gasteiger partial charge in [-0.3, -0.25) is 4.55 Å². The summed E-state index contributed by atoms with van der Waals surface area (Å²) in [6, 6.07) is 7.29. The van der Waals surface area contributed by atoms with E-state index in [4.69, 9.17) is 4.74 Å². The first-order chi connectivity index (χ1) is 11.3. The quantitative estimate of drug-likeness (QED) is 0.569. The molecule has 4 nitrogen and oxygen atoms in total. The summed E-state index contributed by atoms with van der Waals surface area (Å²) in [7, 11) is -2.71. The molecule has 0 fully saturated rings. The maximum atomic E-state index is 11.9. The standard InChI is InChI=1S/C19H26O4S/c1-5-6-7-8-15-12-18(24(20,21)22)16-11-14(13(2)3)9-10-17(23-4)19(15)16/h9-13H,5-8H2,1-4H3,(H,20,21,22). The van der Waals surface area contributed by atoms with Crippen molar-refractivity contribution >= 4 is 10.1 Å². The minimum Gasteiger partial charge on any atom is -0.496 e. The van der Waals surface area contributed by atoms with Gasteiger partial charge in [-0.2, -0.15) is 8.42 Å². The maximum Gasteiger partial charge on any atom is 0.295 e. The Morgan fingerprint density at radius 1 is 1.17 bits per heavy atom. The molecule has 0 radical (unpaired) electrons. The first-order valence-corrected chi connectivity index (χ1v) is 9.84. The molecule has 132 valence electrons. The predicted octanol–water partition coefficient (Wildman–Crippen LogP) is 4.90. The lowest BCUT2D eigenvalue weighted by molar-refractivity contribution is 0.416. The Labute approximate surface area is 144 Å². The van der Waals surface area contributed by atoms with Crippen molar-refractivity contribution in [2.75, 3.05) is 7.11 Å². The highest BCUT2D eigenvalue weighted by molar-refractivity contribution is 7.86. The first kappa shape index (κ1) is 18.7. The van der Waals surface area contributed by atoms with Crippen molar-refractivity contribution in [2.45, 2.75) is 57.3 Å². The fourth-order valence-corrected chi connectivity index (χ4v) is 3.74. The van der Waals surface area contributed by atoms with Crippen LogP contribution in [0.5, 0.6) is 5.75 Å². The zero-order valence-corrected chi connectivity index (χ0v) is 15.6. The van der Waals surface area contributed by atoms with Crippen LogP contribution < -0.4 is 4.74 Å². The molecule has 2 rings (SSSR count). The number of rotatable bonds is 7. The van der Waals surface area contributed by atoms with Crippen molar-refractivity contribution in [1.82, 2.24) is 0 Å².